The highest BCUT2D eigenvalue weighted by Gasteiger charge is 2.36. The van der Waals surface area contributed by atoms with Gasteiger partial charge in [0.05, 0.1) is 13.0 Å². The minimum absolute atomic E-state index is 0.0476. The summed E-state index contributed by atoms with van der Waals surface area (Å²) in [5.41, 5.74) is 8.91. The van der Waals surface area contributed by atoms with Crippen LogP contribution in [0, 0.1) is 0 Å². The Morgan fingerprint density at radius 3 is 2.68 bits per heavy atom. The quantitative estimate of drug-likeness (QED) is 0.730. The van der Waals surface area contributed by atoms with Crippen LogP contribution in [0.4, 0.5) is 0 Å². The van der Waals surface area contributed by atoms with Crippen LogP contribution in [0.25, 0.3) is 10.9 Å². The van der Waals surface area contributed by atoms with Crippen molar-refractivity contribution in [1.29, 1.82) is 0 Å². The van der Waals surface area contributed by atoms with Gasteiger partial charge in [0.2, 0.25) is 5.88 Å². The largest absolute Gasteiger partial charge is 0.465 e. The van der Waals surface area contributed by atoms with Crippen LogP contribution in [-0.4, -0.2) is 18.1 Å². The van der Waals surface area contributed by atoms with Crippen LogP contribution < -0.4 is 10.5 Å². The summed E-state index contributed by atoms with van der Waals surface area (Å²) in [6, 6.07) is 17.4. The maximum atomic E-state index is 12.4. The number of pyridine rings is 1. The second-order valence-electron chi connectivity index (χ2n) is 5.77. The highest BCUT2D eigenvalue weighted by molar-refractivity contribution is 5.95. The summed E-state index contributed by atoms with van der Waals surface area (Å²) in [7, 11) is 1.34. The molecule has 25 heavy (non-hydrogen) atoms. The lowest BCUT2D eigenvalue weighted by atomic mass is 9.82. The van der Waals surface area contributed by atoms with E-state index in [-0.39, 0.29) is 11.8 Å². The van der Waals surface area contributed by atoms with Crippen LogP contribution in [0.1, 0.15) is 17.0 Å². The van der Waals surface area contributed by atoms with E-state index in [1.54, 1.807) is 6.20 Å². The number of aromatic nitrogens is 1. The molecule has 1 atom stereocenters. The molecule has 0 amide bonds. The molecule has 1 aliphatic rings. The summed E-state index contributed by atoms with van der Waals surface area (Å²) in [4.78, 5) is 16.8. The van der Waals surface area contributed by atoms with Crippen molar-refractivity contribution in [2.45, 2.75) is 5.92 Å². The first-order valence-corrected chi connectivity index (χ1v) is 7.89. The molecule has 4 rings (SSSR count). The third kappa shape index (κ3) is 2.41. The summed E-state index contributed by atoms with van der Waals surface area (Å²) in [6.07, 6.45) is 1.71. The smallest absolute Gasteiger partial charge is 0.340 e. The van der Waals surface area contributed by atoms with Crippen LogP contribution in [0.5, 0.6) is 5.75 Å². The second-order valence-corrected chi connectivity index (χ2v) is 5.77. The molecule has 0 fully saturated rings. The van der Waals surface area contributed by atoms with Crippen molar-refractivity contribution in [3.63, 3.8) is 0 Å². The standard InChI is InChI=1S/C20H16N2O3/c1-24-20(23)16-15(12-6-3-2-4-7-12)14-10-9-13-8-5-11-22-17(13)18(14)25-19(16)21/h2-11,15H,21H2,1H3. The van der Waals surface area contributed by atoms with E-state index < -0.39 is 5.97 Å². The van der Waals surface area contributed by atoms with Crippen LogP contribution >= 0.6 is 0 Å². The molecule has 124 valence electrons. The number of esters is 1. The summed E-state index contributed by atoms with van der Waals surface area (Å²) in [6.45, 7) is 0. The summed E-state index contributed by atoms with van der Waals surface area (Å²) >= 11 is 0. The fraction of sp³-hybridized carbons (Fsp3) is 0.100. The maximum absolute atomic E-state index is 12.4. The summed E-state index contributed by atoms with van der Waals surface area (Å²) in [5.74, 6) is -0.245. The Balaban J connectivity index is 2.01. The Labute approximate surface area is 144 Å². The third-order valence-corrected chi connectivity index (χ3v) is 4.37. The lowest BCUT2D eigenvalue weighted by Gasteiger charge is -2.28. The Bertz CT molecular complexity index is 996. The first-order valence-electron chi connectivity index (χ1n) is 7.89. The summed E-state index contributed by atoms with van der Waals surface area (Å²) < 4.78 is 10.8. The summed E-state index contributed by atoms with van der Waals surface area (Å²) in [5, 5.41) is 0.947. The molecule has 1 aromatic heterocycles. The predicted molar refractivity (Wildman–Crippen MR) is 93.9 cm³/mol. The molecule has 3 aromatic rings. The molecule has 2 aromatic carbocycles. The zero-order valence-corrected chi connectivity index (χ0v) is 13.6. The monoisotopic (exact) mass is 332 g/mol. The molecule has 0 radical (unpaired) electrons. The van der Waals surface area contributed by atoms with Gasteiger partial charge in [-0.25, -0.2) is 4.79 Å². The van der Waals surface area contributed by atoms with Crippen molar-refractivity contribution in [2.24, 2.45) is 5.73 Å². The number of fused-ring (bicyclic) bond motifs is 3. The minimum atomic E-state index is -0.502. The first-order chi connectivity index (χ1) is 12.2. The van der Waals surface area contributed by atoms with Gasteiger partial charge in [-0.15, -0.1) is 0 Å². The van der Waals surface area contributed by atoms with Crippen LogP contribution in [0.15, 0.2) is 72.3 Å². The molecule has 0 aliphatic carbocycles. The van der Waals surface area contributed by atoms with E-state index in [1.807, 2.05) is 54.6 Å². The lowest BCUT2D eigenvalue weighted by molar-refractivity contribution is -0.136. The van der Waals surface area contributed by atoms with Crippen molar-refractivity contribution in [3.8, 4) is 5.75 Å². The number of nitrogens with zero attached hydrogens (tertiary/aromatic N) is 1. The van der Waals surface area contributed by atoms with E-state index in [9.17, 15) is 4.79 Å². The average Bonchev–Trinajstić information content (AvgIpc) is 2.67. The number of rotatable bonds is 2. The van der Waals surface area contributed by atoms with Gasteiger partial charge in [0, 0.05) is 17.1 Å². The molecule has 1 unspecified atom stereocenters. The van der Waals surface area contributed by atoms with Crippen molar-refractivity contribution >= 4 is 16.9 Å². The van der Waals surface area contributed by atoms with Crippen LogP contribution in [0.2, 0.25) is 0 Å². The van der Waals surface area contributed by atoms with E-state index in [1.165, 1.54) is 7.11 Å². The van der Waals surface area contributed by atoms with E-state index >= 15 is 0 Å². The van der Waals surface area contributed by atoms with Gasteiger partial charge in [-0.3, -0.25) is 4.98 Å². The highest BCUT2D eigenvalue weighted by Crippen LogP contribution is 2.45. The molecule has 2 N–H and O–H groups in total. The van der Waals surface area contributed by atoms with Crippen molar-refractivity contribution < 1.29 is 14.3 Å². The molecular formula is C20H16N2O3. The molecular weight excluding hydrogens is 316 g/mol. The van der Waals surface area contributed by atoms with Gasteiger partial charge in [-0.05, 0) is 11.6 Å². The Hall–Kier alpha value is -3.34. The molecule has 0 saturated carbocycles. The Morgan fingerprint density at radius 2 is 1.92 bits per heavy atom. The SMILES string of the molecule is COC(=O)C1=C(N)Oc2c(ccc3cccnc23)C1c1ccccc1. The first kappa shape index (κ1) is 15.2. The highest BCUT2D eigenvalue weighted by atomic mass is 16.5. The molecule has 5 heteroatoms. The average molecular weight is 332 g/mol. The van der Waals surface area contributed by atoms with E-state index in [0.717, 1.165) is 16.5 Å². The van der Waals surface area contributed by atoms with E-state index in [4.69, 9.17) is 15.2 Å². The van der Waals surface area contributed by atoms with Gasteiger partial charge in [0.1, 0.15) is 11.1 Å². The number of nitrogens with two attached hydrogens (primary N) is 1. The maximum Gasteiger partial charge on any atom is 0.340 e. The number of ether oxygens (including phenoxy) is 2. The fourth-order valence-corrected chi connectivity index (χ4v) is 3.25. The van der Waals surface area contributed by atoms with Crippen molar-refractivity contribution in [2.75, 3.05) is 7.11 Å². The second kappa shape index (κ2) is 5.94. The van der Waals surface area contributed by atoms with Gasteiger partial charge in [-0.2, -0.15) is 0 Å². The topological polar surface area (TPSA) is 74.4 Å². The third-order valence-electron chi connectivity index (χ3n) is 4.37. The zero-order chi connectivity index (χ0) is 17.4. The number of benzene rings is 2. The number of methoxy groups -OCH3 is 1. The van der Waals surface area contributed by atoms with Gasteiger partial charge in [0.25, 0.3) is 0 Å². The number of carbonyl (C=O) groups excluding carboxylic acids is 1. The van der Waals surface area contributed by atoms with Crippen molar-refractivity contribution in [3.05, 3.63) is 83.4 Å². The molecule has 2 heterocycles. The van der Waals surface area contributed by atoms with Gasteiger partial charge >= 0.3 is 5.97 Å². The number of hydrogen-bond acceptors (Lipinski definition) is 5. The minimum Gasteiger partial charge on any atom is -0.465 e. The predicted octanol–water partition coefficient (Wildman–Crippen LogP) is 3.10. The normalized spacial score (nSPS) is 16.3. The molecule has 0 saturated heterocycles. The number of carbonyl (C=O) groups is 1. The number of hydrogen-bond donors (Lipinski definition) is 1. The van der Waals surface area contributed by atoms with Crippen LogP contribution in [0.3, 0.4) is 0 Å². The van der Waals surface area contributed by atoms with Gasteiger partial charge in [0.15, 0.2) is 5.75 Å². The van der Waals surface area contributed by atoms with Crippen LogP contribution in [-0.2, 0) is 9.53 Å². The molecule has 5 nitrogen and oxygen atoms in total. The van der Waals surface area contributed by atoms with Crippen molar-refractivity contribution in [1.82, 2.24) is 4.98 Å². The zero-order valence-electron chi connectivity index (χ0n) is 13.6. The molecule has 0 bridgehead atoms. The molecule has 1 aliphatic heterocycles. The van der Waals surface area contributed by atoms with E-state index in [0.29, 0.717) is 16.8 Å². The Kier molecular flexibility index (Phi) is 3.61. The fourth-order valence-electron chi connectivity index (χ4n) is 3.25. The van der Waals surface area contributed by atoms with Gasteiger partial charge in [-0.1, -0.05) is 48.5 Å². The lowest BCUT2D eigenvalue weighted by Crippen LogP contribution is -2.27. The Morgan fingerprint density at radius 1 is 1.12 bits per heavy atom. The van der Waals surface area contributed by atoms with Gasteiger partial charge < -0.3 is 15.2 Å². The van der Waals surface area contributed by atoms with E-state index in [2.05, 4.69) is 4.98 Å². The molecule has 0 spiro atoms.